The molecular weight excluding hydrogens is 224 g/mol. The number of phenolic OH excluding ortho intramolecular Hbond substituents is 1. The topological polar surface area (TPSA) is 40.5 Å². The standard InChI is InChI=1S/C16H22O2/c1-10(2)13-4-3-5-14(15(13)17)16(18,11-6-7-11)12-8-9-12/h3-5,10-12,17-18H,6-9H2,1-2H3. The van der Waals surface area contributed by atoms with Crippen LogP contribution in [0.25, 0.3) is 0 Å². The van der Waals surface area contributed by atoms with Gasteiger partial charge in [-0.25, -0.2) is 0 Å². The summed E-state index contributed by atoms with van der Waals surface area (Å²) in [4.78, 5) is 0. The van der Waals surface area contributed by atoms with Crippen molar-refractivity contribution in [1.29, 1.82) is 0 Å². The number of phenols is 1. The van der Waals surface area contributed by atoms with Crippen LogP contribution in [0.1, 0.15) is 56.6 Å². The van der Waals surface area contributed by atoms with Gasteiger partial charge in [0.05, 0.1) is 5.60 Å². The lowest BCUT2D eigenvalue weighted by Crippen LogP contribution is -2.31. The summed E-state index contributed by atoms with van der Waals surface area (Å²) in [6, 6.07) is 5.85. The number of benzene rings is 1. The van der Waals surface area contributed by atoms with Gasteiger partial charge in [-0.1, -0.05) is 32.0 Å². The molecule has 2 heteroatoms. The molecule has 0 bridgehead atoms. The van der Waals surface area contributed by atoms with E-state index in [4.69, 9.17) is 0 Å². The first-order chi connectivity index (χ1) is 8.55. The van der Waals surface area contributed by atoms with Crippen LogP contribution >= 0.6 is 0 Å². The van der Waals surface area contributed by atoms with Crippen molar-refractivity contribution in [2.24, 2.45) is 11.8 Å². The van der Waals surface area contributed by atoms with Gasteiger partial charge < -0.3 is 10.2 Å². The number of aromatic hydroxyl groups is 1. The normalized spacial score (nSPS) is 20.4. The minimum absolute atomic E-state index is 0.285. The van der Waals surface area contributed by atoms with Gasteiger partial charge in [0.15, 0.2) is 0 Å². The predicted octanol–water partition coefficient (Wildman–Crippen LogP) is 3.52. The van der Waals surface area contributed by atoms with Crippen LogP contribution in [0.2, 0.25) is 0 Å². The van der Waals surface area contributed by atoms with E-state index >= 15 is 0 Å². The number of para-hydroxylation sites is 1. The van der Waals surface area contributed by atoms with Crippen molar-refractivity contribution in [3.05, 3.63) is 29.3 Å². The number of hydrogen-bond donors (Lipinski definition) is 2. The Morgan fingerprint density at radius 3 is 2.11 bits per heavy atom. The third kappa shape index (κ3) is 1.74. The second-order valence-electron chi connectivity index (χ2n) is 6.27. The molecule has 2 fully saturated rings. The summed E-state index contributed by atoms with van der Waals surface area (Å²) in [5.74, 6) is 1.33. The Morgan fingerprint density at radius 2 is 1.67 bits per heavy atom. The van der Waals surface area contributed by atoms with Gasteiger partial charge in [0.2, 0.25) is 0 Å². The van der Waals surface area contributed by atoms with E-state index in [1.54, 1.807) is 0 Å². The van der Waals surface area contributed by atoms with E-state index in [1.807, 2.05) is 18.2 Å². The second-order valence-corrected chi connectivity index (χ2v) is 6.27. The van der Waals surface area contributed by atoms with Crippen molar-refractivity contribution >= 4 is 0 Å². The Kier molecular flexibility index (Phi) is 2.67. The largest absolute Gasteiger partial charge is 0.507 e. The molecule has 0 atom stereocenters. The average Bonchev–Trinajstić information content (AvgIpc) is 3.18. The monoisotopic (exact) mass is 246 g/mol. The fourth-order valence-corrected chi connectivity index (χ4v) is 3.17. The van der Waals surface area contributed by atoms with E-state index in [0.29, 0.717) is 17.6 Å². The summed E-state index contributed by atoms with van der Waals surface area (Å²) in [5.41, 5.74) is 0.959. The number of aliphatic hydroxyl groups is 1. The van der Waals surface area contributed by atoms with E-state index in [2.05, 4.69) is 13.8 Å². The maximum absolute atomic E-state index is 11.1. The summed E-state index contributed by atoms with van der Waals surface area (Å²) < 4.78 is 0. The summed E-state index contributed by atoms with van der Waals surface area (Å²) in [6.45, 7) is 4.15. The Hall–Kier alpha value is -1.02. The van der Waals surface area contributed by atoms with Gasteiger partial charge in [0.25, 0.3) is 0 Å². The van der Waals surface area contributed by atoms with Gasteiger partial charge in [0, 0.05) is 5.56 Å². The van der Waals surface area contributed by atoms with E-state index < -0.39 is 5.60 Å². The third-order valence-corrected chi connectivity index (χ3v) is 4.52. The van der Waals surface area contributed by atoms with Gasteiger partial charge >= 0.3 is 0 Å². The Labute approximate surface area is 109 Å². The summed E-state index contributed by atoms with van der Waals surface area (Å²) in [5, 5.41) is 21.6. The second kappa shape index (κ2) is 3.99. The molecule has 98 valence electrons. The molecule has 0 heterocycles. The zero-order valence-electron chi connectivity index (χ0n) is 11.2. The maximum Gasteiger partial charge on any atom is 0.125 e. The van der Waals surface area contributed by atoms with Gasteiger partial charge in [-0.3, -0.25) is 0 Å². The molecular formula is C16H22O2. The minimum atomic E-state index is -0.769. The van der Waals surface area contributed by atoms with E-state index in [1.165, 1.54) is 0 Å². The highest BCUT2D eigenvalue weighted by Gasteiger charge is 2.55. The van der Waals surface area contributed by atoms with E-state index in [9.17, 15) is 10.2 Å². The molecule has 0 aromatic heterocycles. The quantitative estimate of drug-likeness (QED) is 0.853. The van der Waals surface area contributed by atoms with Gasteiger partial charge in [-0.2, -0.15) is 0 Å². The maximum atomic E-state index is 11.1. The van der Waals surface area contributed by atoms with Crippen molar-refractivity contribution in [2.45, 2.75) is 51.0 Å². The van der Waals surface area contributed by atoms with Gasteiger partial charge in [0.1, 0.15) is 5.75 Å². The van der Waals surface area contributed by atoms with Crippen molar-refractivity contribution in [3.63, 3.8) is 0 Å². The summed E-state index contributed by atoms with van der Waals surface area (Å²) in [7, 11) is 0. The number of rotatable bonds is 4. The highest BCUT2D eigenvalue weighted by molar-refractivity contribution is 5.46. The molecule has 0 aliphatic heterocycles. The highest BCUT2D eigenvalue weighted by atomic mass is 16.3. The fourth-order valence-electron chi connectivity index (χ4n) is 3.17. The number of hydrogen-bond acceptors (Lipinski definition) is 2. The molecule has 0 radical (unpaired) electrons. The molecule has 2 nitrogen and oxygen atoms in total. The molecule has 0 spiro atoms. The van der Waals surface area contributed by atoms with Crippen molar-refractivity contribution < 1.29 is 10.2 Å². The Balaban J connectivity index is 2.07. The lowest BCUT2D eigenvalue weighted by atomic mass is 9.81. The molecule has 2 aliphatic rings. The molecule has 2 saturated carbocycles. The third-order valence-electron chi connectivity index (χ3n) is 4.52. The van der Waals surface area contributed by atoms with E-state index in [0.717, 1.165) is 36.8 Å². The van der Waals surface area contributed by atoms with Crippen LogP contribution in [-0.4, -0.2) is 10.2 Å². The van der Waals surface area contributed by atoms with Crippen LogP contribution in [0, 0.1) is 11.8 Å². The van der Waals surface area contributed by atoms with Crippen LogP contribution in [0.4, 0.5) is 0 Å². The Bertz CT molecular complexity index is 444. The van der Waals surface area contributed by atoms with Crippen LogP contribution in [-0.2, 0) is 5.60 Å². The molecule has 3 rings (SSSR count). The SMILES string of the molecule is CC(C)c1cccc(C(O)(C2CC2)C2CC2)c1O. The van der Waals surface area contributed by atoms with Crippen molar-refractivity contribution in [2.75, 3.05) is 0 Å². The molecule has 0 amide bonds. The van der Waals surface area contributed by atoms with E-state index in [-0.39, 0.29) is 5.92 Å². The first-order valence-electron chi connectivity index (χ1n) is 7.09. The van der Waals surface area contributed by atoms with Crippen LogP contribution in [0.15, 0.2) is 18.2 Å². The van der Waals surface area contributed by atoms with Gasteiger partial charge in [-0.15, -0.1) is 0 Å². The smallest absolute Gasteiger partial charge is 0.125 e. The molecule has 1 aromatic rings. The van der Waals surface area contributed by atoms with Gasteiger partial charge in [-0.05, 0) is 49.0 Å². The van der Waals surface area contributed by atoms with Crippen LogP contribution in [0.5, 0.6) is 5.75 Å². The highest BCUT2D eigenvalue weighted by Crippen LogP contribution is 2.59. The lowest BCUT2D eigenvalue weighted by molar-refractivity contribution is -0.0122. The molecule has 0 saturated heterocycles. The first kappa shape index (κ1) is 12.0. The van der Waals surface area contributed by atoms with Crippen molar-refractivity contribution in [1.82, 2.24) is 0 Å². The summed E-state index contributed by atoms with van der Waals surface area (Å²) >= 11 is 0. The molecule has 2 aliphatic carbocycles. The average molecular weight is 246 g/mol. The predicted molar refractivity (Wildman–Crippen MR) is 71.5 cm³/mol. The molecule has 0 unspecified atom stereocenters. The van der Waals surface area contributed by atoms with Crippen LogP contribution < -0.4 is 0 Å². The fraction of sp³-hybridized carbons (Fsp3) is 0.625. The van der Waals surface area contributed by atoms with Crippen molar-refractivity contribution in [3.8, 4) is 5.75 Å². The zero-order valence-corrected chi connectivity index (χ0v) is 11.2. The summed E-state index contributed by atoms with van der Waals surface area (Å²) in [6.07, 6.45) is 4.38. The first-order valence-corrected chi connectivity index (χ1v) is 7.09. The molecule has 1 aromatic carbocycles. The van der Waals surface area contributed by atoms with Crippen LogP contribution in [0.3, 0.4) is 0 Å². The Morgan fingerprint density at radius 1 is 1.11 bits per heavy atom. The molecule has 2 N–H and O–H groups in total. The zero-order chi connectivity index (χ0) is 12.9. The molecule has 18 heavy (non-hydrogen) atoms. The lowest BCUT2D eigenvalue weighted by Gasteiger charge is -2.30. The minimum Gasteiger partial charge on any atom is -0.507 e.